The highest BCUT2D eigenvalue weighted by Gasteiger charge is 2.13. The first kappa shape index (κ1) is 22.4. The first-order valence-electron chi connectivity index (χ1n) is 10.2. The Balaban J connectivity index is 1.63. The van der Waals surface area contributed by atoms with Crippen LogP contribution in [-0.4, -0.2) is 24.2 Å². The summed E-state index contributed by atoms with van der Waals surface area (Å²) in [5.74, 6) is 2.37. The first-order chi connectivity index (χ1) is 16.0. The summed E-state index contributed by atoms with van der Waals surface area (Å²) in [5, 5.41) is 9.79. The largest absolute Gasteiger partial charge is 0.497 e. The Bertz CT molecular complexity index is 1370. The third-order valence-electron chi connectivity index (χ3n) is 5.16. The van der Waals surface area contributed by atoms with Crippen LogP contribution in [0.2, 0.25) is 0 Å². The van der Waals surface area contributed by atoms with E-state index in [1.165, 1.54) is 5.56 Å². The predicted octanol–water partition coefficient (Wildman–Crippen LogP) is 6.29. The summed E-state index contributed by atoms with van der Waals surface area (Å²) >= 11 is 3.59. The molecule has 0 fully saturated rings. The highest BCUT2D eigenvalue weighted by molar-refractivity contribution is 9.10. The van der Waals surface area contributed by atoms with Gasteiger partial charge in [0.05, 0.1) is 30.8 Å². The number of hydrogen-bond donors (Lipinski definition) is 1. The van der Waals surface area contributed by atoms with Gasteiger partial charge in [0.25, 0.3) is 0 Å². The second kappa shape index (κ2) is 9.80. The number of aromatic nitrogens is 2. The molecule has 1 heterocycles. The van der Waals surface area contributed by atoms with E-state index in [0.717, 1.165) is 26.6 Å². The van der Waals surface area contributed by atoms with Gasteiger partial charge in [-0.2, -0.15) is 5.26 Å². The fourth-order valence-corrected chi connectivity index (χ4v) is 3.77. The minimum atomic E-state index is 0.390. The van der Waals surface area contributed by atoms with Crippen molar-refractivity contribution in [1.82, 2.24) is 9.97 Å². The van der Waals surface area contributed by atoms with E-state index in [9.17, 15) is 5.26 Å². The number of ether oxygens (including phenoxy) is 3. The Kier molecular flexibility index (Phi) is 6.66. The van der Waals surface area contributed by atoms with Crippen LogP contribution in [0.4, 0.5) is 0 Å². The van der Waals surface area contributed by atoms with Gasteiger partial charge in [0, 0.05) is 10.5 Å². The third-order valence-corrected chi connectivity index (χ3v) is 5.85. The maximum Gasteiger partial charge on any atom is 0.162 e. The number of allylic oxidation sites excluding steroid dienone is 1. The van der Waals surface area contributed by atoms with E-state index in [-0.39, 0.29) is 0 Å². The average molecular weight is 504 g/mol. The zero-order chi connectivity index (χ0) is 23.4. The van der Waals surface area contributed by atoms with E-state index >= 15 is 0 Å². The van der Waals surface area contributed by atoms with Gasteiger partial charge in [0.1, 0.15) is 24.3 Å². The fourth-order valence-electron chi connectivity index (χ4n) is 3.33. The number of aryl methyl sites for hydroxylation is 1. The molecule has 0 amide bonds. The van der Waals surface area contributed by atoms with Gasteiger partial charge in [-0.3, -0.25) is 0 Å². The van der Waals surface area contributed by atoms with Crippen molar-refractivity contribution < 1.29 is 14.2 Å². The zero-order valence-corrected chi connectivity index (χ0v) is 20.1. The maximum atomic E-state index is 9.79. The Morgan fingerprint density at radius 3 is 2.55 bits per heavy atom. The molecule has 166 valence electrons. The number of nitrogens with one attached hydrogen (secondary N) is 1. The molecule has 6 nitrogen and oxygen atoms in total. The Morgan fingerprint density at radius 2 is 1.85 bits per heavy atom. The average Bonchev–Trinajstić information content (AvgIpc) is 3.26. The van der Waals surface area contributed by atoms with Gasteiger partial charge in [-0.25, -0.2) is 4.98 Å². The number of hydrogen-bond acceptors (Lipinski definition) is 5. The summed E-state index contributed by atoms with van der Waals surface area (Å²) in [6, 6.07) is 19.6. The lowest BCUT2D eigenvalue weighted by Gasteiger charge is -2.13. The number of rotatable bonds is 7. The minimum Gasteiger partial charge on any atom is -0.497 e. The van der Waals surface area contributed by atoms with E-state index < -0.39 is 0 Å². The first-order valence-corrected chi connectivity index (χ1v) is 11.0. The number of aromatic amines is 1. The van der Waals surface area contributed by atoms with Crippen LogP contribution in [0.1, 0.15) is 22.5 Å². The van der Waals surface area contributed by atoms with E-state index in [2.05, 4.69) is 51.0 Å². The molecule has 7 heteroatoms. The van der Waals surface area contributed by atoms with E-state index in [4.69, 9.17) is 14.2 Å². The molecule has 4 aromatic rings. The molecule has 1 N–H and O–H groups in total. The van der Waals surface area contributed by atoms with Gasteiger partial charge >= 0.3 is 0 Å². The molecule has 33 heavy (non-hydrogen) atoms. The highest BCUT2D eigenvalue weighted by Crippen LogP contribution is 2.36. The number of fused-ring (bicyclic) bond motifs is 1. The van der Waals surface area contributed by atoms with Gasteiger partial charge < -0.3 is 19.2 Å². The summed E-state index contributed by atoms with van der Waals surface area (Å²) in [5.41, 5.74) is 4.97. The Labute approximate surface area is 200 Å². The number of halogens is 1. The topological polar surface area (TPSA) is 80.2 Å². The Morgan fingerprint density at radius 1 is 1.06 bits per heavy atom. The van der Waals surface area contributed by atoms with Crippen LogP contribution >= 0.6 is 15.9 Å². The van der Waals surface area contributed by atoms with Crippen LogP contribution in [0.5, 0.6) is 17.2 Å². The minimum absolute atomic E-state index is 0.390. The number of H-pyrrole nitrogens is 1. The lowest BCUT2D eigenvalue weighted by molar-refractivity contribution is 0.284. The SMILES string of the molecule is COc1ccc2nc(/C(C#N)=C\c3cc(OC)c(OCc4ccc(C)cc4)cc3Br)[nH]c2c1. The standard InChI is InChI=1S/C26H22BrN3O3/c1-16-4-6-17(7-5-16)15-33-25-13-21(27)18(11-24(25)32-3)10-19(14-28)26-29-22-9-8-20(31-2)12-23(22)30-26/h4-13H,15H2,1-3H3,(H,29,30)/b19-10-. The van der Waals surface area contributed by atoms with E-state index in [0.29, 0.717) is 35.3 Å². The molecule has 0 aliphatic carbocycles. The zero-order valence-electron chi connectivity index (χ0n) is 18.5. The molecule has 4 rings (SSSR count). The fraction of sp³-hybridized carbons (Fsp3) is 0.154. The number of nitriles is 1. The summed E-state index contributed by atoms with van der Waals surface area (Å²) in [6.07, 6.45) is 1.76. The normalized spacial score (nSPS) is 11.3. The molecule has 0 aliphatic heterocycles. The number of methoxy groups -OCH3 is 2. The van der Waals surface area contributed by atoms with Crippen molar-refractivity contribution in [1.29, 1.82) is 5.26 Å². The van der Waals surface area contributed by atoms with Crippen LogP contribution in [0, 0.1) is 18.3 Å². The molecular formula is C26H22BrN3O3. The van der Waals surface area contributed by atoms with E-state index in [1.54, 1.807) is 20.3 Å². The third kappa shape index (κ3) is 5.02. The van der Waals surface area contributed by atoms with Crippen molar-refractivity contribution in [3.05, 3.63) is 81.6 Å². The van der Waals surface area contributed by atoms with Crippen LogP contribution in [-0.2, 0) is 6.61 Å². The molecule has 0 spiro atoms. The second-order valence-electron chi connectivity index (χ2n) is 7.44. The van der Waals surface area contributed by atoms with Crippen molar-refractivity contribution in [2.75, 3.05) is 14.2 Å². The number of nitrogens with zero attached hydrogens (tertiary/aromatic N) is 2. The number of benzene rings is 3. The van der Waals surface area contributed by atoms with Crippen molar-refractivity contribution in [2.24, 2.45) is 0 Å². The molecule has 0 radical (unpaired) electrons. The van der Waals surface area contributed by atoms with Gasteiger partial charge in [-0.1, -0.05) is 45.8 Å². The van der Waals surface area contributed by atoms with Crippen LogP contribution in [0.15, 0.2) is 59.1 Å². The molecule has 0 saturated heterocycles. The molecule has 0 aliphatic rings. The summed E-state index contributed by atoms with van der Waals surface area (Å²) in [4.78, 5) is 7.73. The number of imidazole rings is 1. The van der Waals surface area contributed by atoms with Crippen molar-refractivity contribution in [2.45, 2.75) is 13.5 Å². The molecule has 0 unspecified atom stereocenters. The summed E-state index contributed by atoms with van der Waals surface area (Å²) < 4.78 is 17.6. The summed E-state index contributed by atoms with van der Waals surface area (Å²) in [6.45, 7) is 2.47. The van der Waals surface area contributed by atoms with Crippen LogP contribution < -0.4 is 14.2 Å². The molecule has 0 atom stereocenters. The van der Waals surface area contributed by atoms with Crippen molar-refractivity contribution in [3.63, 3.8) is 0 Å². The van der Waals surface area contributed by atoms with E-state index in [1.807, 2.05) is 42.5 Å². The van der Waals surface area contributed by atoms with Crippen LogP contribution in [0.3, 0.4) is 0 Å². The quantitative estimate of drug-likeness (QED) is 0.299. The summed E-state index contributed by atoms with van der Waals surface area (Å²) in [7, 11) is 3.20. The van der Waals surface area contributed by atoms with Crippen molar-refractivity contribution in [3.8, 4) is 23.3 Å². The van der Waals surface area contributed by atoms with Crippen molar-refractivity contribution >= 4 is 38.6 Å². The highest BCUT2D eigenvalue weighted by atomic mass is 79.9. The lowest BCUT2D eigenvalue weighted by atomic mass is 10.1. The molecular weight excluding hydrogens is 482 g/mol. The predicted molar refractivity (Wildman–Crippen MR) is 132 cm³/mol. The molecule has 0 saturated carbocycles. The lowest BCUT2D eigenvalue weighted by Crippen LogP contribution is -1.98. The molecule has 3 aromatic carbocycles. The van der Waals surface area contributed by atoms with Gasteiger partial charge in [0.2, 0.25) is 0 Å². The van der Waals surface area contributed by atoms with Gasteiger partial charge in [-0.05, 0) is 48.4 Å². The second-order valence-corrected chi connectivity index (χ2v) is 8.29. The van der Waals surface area contributed by atoms with Crippen LogP contribution in [0.25, 0.3) is 22.7 Å². The molecule has 0 bridgehead atoms. The van der Waals surface area contributed by atoms with Gasteiger partial charge in [-0.15, -0.1) is 0 Å². The van der Waals surface area contributed by atoms with Gasteiger partial charge in [0.15, 0.2) is 11.5 Å². The molecule has 1 aromatic heterocycles. The Hall–Kier alpha value is -3.76. The monoisotopic (exact) mass is 503 g/mol. The smallest absolute Gasteiger partial charge is 0.162 e. The maximum absolute atomic E-state index is 9.79.